The van der Waals surface area contributed by atoms with Gasteiger partial charge in [0.1, 0.15) is 5.69 Å². The second-order valence-corrected chi connectivity index (χ2v) is 12.2. The molecule has 5 atom stereocenters. The van der Waals surface area contributed by atoms with Crippen LogP contribution in [0.15, 0.2) is 29.1 Å². The molecule has 2 aliphatic heterocycles. The fourth-order valence-electron chi connectivity index (χ4n) is 8.19. The van der Waals surface area contributed by atoms with Gasteiger partial charge in [0, 0.05) is 30.6 Å². The summed E-state index contributed by atoms with van der Waals surface area (Å²) in [5.41, 5.74) is 2.35. The number of aryl methyl sites for hydroxylation is 1. The van der Waals surface area contributed by atoms with Crippen LogP contribution in [0.3, 0.4) is 0 Å². The number of fused-ring (bicyclic) bond motifs is 5. The van der Waals surface area contributed by atoms with Crippen molar-refractivity contribution in [2.24, 2.45) is 11.8 Å². The lowest BCUT2D eigenvalue weighted by Gasteiger charge is -2.54. The molecule has 1 aromatic heterocycles. The van der Waals surface area contributed by atoms with Gasteiger partial charge < -0.3 is 14.0 Å². The van der Waals surface area contributed by atoms with Gasteiger partial charge in [0.15, 0.2) is 0 Å². The van der Waals surface area contributed by atoms with Crippen molar-refractivity contribution in [3.05, 3.63) is 40.3 Å². The van der Waals surface area contributed by atoms with Crippen LogP contribution in [0.2, 0.25) is 0 Å². The standard InChI is InChI=1S/C31H43N3O4/c1-2-38-30(35)13-7-11-28-31(36)34(29-12-6-5-10-27(29)32-28)24-17-25-19-37-20-26(18-24)33(25)23-15-21-8-3-4-9-22(14-21)16-23/h5-6,10,12,21-26H,2-4,7-9,11,13-20H2,1H3/t21-,22?,23?,25+,26+/m1/s1. The van der Waals surface area contributed by atoms with Crippen molar-refractivity contribution < 1.29 is 14.3 Å². The predicted octanol–water partition coefficient (Wildman–Crippen LogP) is 5.05. The van der Waals surface area contributed by atoms with Crippen LogP contribution in [-0.4, -0.2) is 58.4 Å². The molecule has 38 heavy (non-hydrogen) atoms. The van der Waals surface area contributed by atoms with Crippen LogP contribution in [-0.2, 0) is 20.7 Å². The Bertz CT molecular complexity index is 1170. The van der Waals surface area contributed by atoms with Gasteiger partial charge in [-0.15, -0.1) is 0 Å². The van der Waals surface area contributed by atoms with E-state index >= 15 is 0 Å². The minimum absolute atomic E-state index is 0.00804. The van der Waals surface area contributed by atoms with Gasteiger partial charge in [-0.3, -0.25) is 14.5 Å². The maximum atomic E-state index is 13.9. The number of rotatable bonds is 7. The van der Waals surface area contributed by atoms with Crippen molar-refractivity contribution in [3.8, 4) is 0 Å². The fraction of sp³-hybridized carbons (Fsp3) is 0.710. The van der Waals surface area contributed by atoms with E-state index in [0.29, 0.717) is 49.7 Å². The smallest absolute Gasteiger partial charge is 0.305 e. The summed E-state index contributed by atoms with van der Waals surface area (Å²) in [4.78, 5) is 33.4. The van der Waals surface area contributed by atoms with Crippen LogP contribution < -0.4 is 5.56 Å². The maximum absolute atomic E-state index is 13.9. The average molecular weight is 522 g/mol. The van der Waals surface area contributed by atoms with Crippen LogP contribution in [0, 0.1) is 11.8 Å². The monoisotopic (exact) mass is 521 g/mol. The third kappa shape index (κ3) is 5.29. The molecule has 3 heterocycles. The van der Waals surface area contributed by atoms with Crippen molar-refractivity contribution in [3.63, 3.8) is 0 Å². The summed E-state index contributed by atoms with van der Waals surface area (Å²) in [5, 5.41) is 0. The highest BCUT2D eigenvalue weighted by atomic mass is 16.5. The molecule has 2 aromatic rings. The third-order valence-electron chi connectivity index (χ3n) is 9.65. The lowest BCUT2D eigenvalue weighted by molar-refractivity contribution is -0.143. The highest BCUT2D eigenvalue weighted by molar-refractivity contribution is 5.75. The Balaban J connectivity index is 1.25. The number of carbonyl (C=O) groups excluding carboxylic acids is 1. The van der Waals surface area contributed by atoms with Crippen LogP contribution in [0.5, 0.6) is 0 Å². The Kier molecular flexibility index (Phi) is 7.85. The first-order valence-corrected chi connectivity index (χ1v) is 15.1. The highest BCUT2D eigenvalue weighted by Crippen LogP contribution is 2.44. The first-order valence-electron chi connectivity index (χ1n) is 15.1. The van der Waals surface area contributed by atoms with Gasteiger partial charge in [-0.05, 0) is 75.8 Å². The van der Waals surface area contributed by atoms with Gasteiger partial charge >= 0.3 is 5.97 Å². The number of piperidine rings is 1. The molecule has 0 amide bonds. The molecule has 2 aliphatic carbocycles. The molecule has 0 radical (unpaired) electrons. The molecule has 4 bridgehead atoms. The topological polar surface area (TPSA) is 73.7 Å². The zero-order valence-electron chi connectivity index (χ0n) is 22.9. The molecule has 206 valence electrons. The minimum Gasteiger partial charge on any atom is -0.466 e. The van der Waals surface area contributed by atoms with Gasteiger partial charge in [-0.25, -0.2) is 4.98 Å². The van der Waals surface area contributed by atoms with Crippen LogP contribution in [0.4, 0.5) is 0 Å². The second kappa shape index (κ2) is 11.5. The van der Waals surface area contributed by atoms with Gasteiger partial charge in [0.05, 0.1) is 30.9 Å². The van der Waals surface area contributed by atoms with Crippen molar-refractivity contribution >= 4 is 17.0 Å². The zero-order valence-corrected chi connectivity index (χ0v) is 22.9. The Hall–Kier alpha value is -2.25. The predicted molar refractivity (Wildman–Crippen MR) is 147 cm³/mol. The summed E-state index contributed by atoms with van der Waals surface area (Å²) >= 11 is 0. The zero-order chi connectivity index (χ0) is 26.1. The average Bonchev–Trinajstić information content (AvgIpc) is 3.07. The summed E-state index contributed by atoms with van der Waals surface area (Å²) in [7, 11) is 0. The van der Waals surface area contributed by atoms with Crippen molar-refractivity contribution in [1.82, 2.24) is 14.5 Å². The molecule has 6 rings (SSSR count). The lowest BCUT2D eigenvalue weighted by atomic mass is 9.75. The third-order valence-corrected chi connectivity index (χ3v) is 9.65. The molecule has 4 aliphatic rings. The lowest BCUT2D eigenvalue weighted by Crippen LogP contribution is -2.62. The van der Waals surface area contributed by atoms with Crippen LogP contribution in [0.25, 0.3) is 11.0 Å². The molecule has 0 N–H and O–H groups in total. The summed E-state index contributed by atoms with van der Waals surface area (Å²) < 4.78 is 13.2. The van der Waals surface area contributed by atoms with E-state index < -0.39 is 0 Å². The number of para-hydroxylation sites is 2. The number of hydrogen-bond donors (Lipinski definition) is 0. The van der Waals surface area contributed by atoms with E-state index in [1.807, 2.05) is 35.8 Å². The Labute approximate surface area is 225 Å². The van der Waals surface area contributed by atoms with Crippen LogP contribution >= 0.6 is 0 Å². The number of hydrogen-bond acceptors (Lipinski definition) is 6. The number of aromatic nitrogens is 2. The van der Waals surface area contributed by atoms with E-state index in [1.165, 1.54) is 44.9 Å². The van der Waals surface area contributed by atoms with E-state index in [4.69, 9.17) is 14.5 Å². The summed E-state index contributed by atoms with van der Waals surface area (Å²) in [6.07, 6.45) is 13.0. The SMILES string of the molecule is CCOC(=O)CCCc1nc2ccccc2n(C2C[C@H]3COC[C@H](C2)N3C2CC3CCCC[C@H](C3)C2)c1=O. The number of ether oxygens (including phenoxy) is 2. The molecular weight excluding hydrogens is 478 g/mol. The molecule has 7 nitrogen and oxygen atoms in total. The number of benzene rings is 1. The van der Waals surface area contributed by atoms with Crippen molar-refractivity contribution in [2.75, 3.05) is 19.8 Å². The quantitative estimate of drug-likeness (QED) is 0.475. The van der Waals surface area contributed by atoms with Crippen molar-refractivity contribution in [2.45, 2.75) is 108 Å². The molecule has 7 heteroatoms. The summed E-state index contributed by atoms with van der Waals surface area (Å²) in [5.74, 6) is 1.57. The Morgan fingerprint density at radius 1 is 0.974 bits per heavy atom. The molecular formula is C31H43N3O4. The molecule has 2 saturated carbocycles. The number of esters is 1. The summed E-state index contributed by atoms with van der Waals surface area (Å²) in [6, 6.07) is 9.57. The molecule has 2 unspecified atom stereocenters. The molecule has 2 saturated heterocycles. The molecule has 4 fully saturated rings. The number of nitrogens with zero attached hydrogens (tertiary/aromatic N) is 3. The Morgan fingerprint density at radius 3 is 2.39 bits per heavy atom. The molecule has 0 spiro atoms. The van der Waals surface area contributed by atoms with E-state index in [0.717, 1.165) is 48.9 Å². The number of carbonyl (C=O) groups is 1. The maximum Gasteiger partial charge on any atom is 0.305 e. The van der Waals surface area contributed by atoms with Gasteiger partial charge in [-0.2, -0.15) is 0 Å². The van der Waals surface area contributed by atoms with E-state index in [9.17, 15) is 9.59 Å². The van der Waals surface area contributed by atoms with E-state index in [-0.39, 0.29) is 17.6 Å². The van der Waals surface area contributed by atoms with Crippen molar-refractivity contribution in [1.29, 1.82) is 0 Å². The number of morpholine rings is 1. The van der Waals surface area contributed by atoms with Crippen LogP contribution in [0.1, 0.15) is 89.3 Å². The highest BCUT2D eigenvalue weighted by Gasteiger charge is 2.45. The largest absolute Gasteiger partial charge is 0.466 e. The van der Waals surface area contributed by atoms with Gasteiger partial charge in [-0.1, -0.05) is 37.8 Å². The fourth-order valence-corrected chi connectivity index (χ4v) is 8.19. The minimum atomic E-state index is -0.212. The Morgan fingerprint density at radius 2 is 1.68 bits per heavy atom. The first kappa shape index (κ1) is 26.0. The normalized spacial score (nSPS) is 31.6. The summed E-state index contributed by atoms with van der Waals surface area (Å²) in [6.45, 7) is 3.73. The van der Waals surface area contributed by atoms with E-state index in [2.05, 4.69) is 4.90 Å². The van der Waals surface area contributed by atoms with Gasteiger partial charge in [0.2, 0.25) is 0 Å². The second-order valence-electron chi connectivity index (χ2n) is 12.2. The van der Waals surface area contributed by atoms with Gasteiger partial charge in [0.25, 0.3) is 5.56 Å². The van der Waals surface area contributed by atoms with E-state index in [1.54, 1.807) is 0 Å². The molecule has 1 aromatic carbocycles. The first-order chi connectivity index (χ1) is 18.6.